The van der Waals surface area contributed by atoms with Gasteiger partial charge in [0.05, 0.1) is 13.2 Å². The van der Waals surface area contributed by atoms with Crippen LogP contribution in [-0.2, 0) is 6.54 Å². The summed E-state index contributed by atoms with van der Waals surface area (Å²) < 4.78 is 11.3. The third-order valence-corrected chi connectivity index (χ3v) is 3.16. The molecule has 0 amide bonds. The predicted octanol–water partition coefficient (Wildman–Crippen LogP) is 4.42. The number of hydrogen-bond acceptors (Lipinski definition) is 3. The molecule has 1 aromatic rings. The second-order valence-electron chi connectivity index (χ2n) is 5.15. The molecule has 0 unspecified atom stereocenters. The Morgan fingerprint density at radius 3 is 2.60 bits per heavy atom. The maximum Gasteiger partial charge on any atom is 0.166 e. The third-order valence-electron chi connectivity index (χ3n) is 2.94. The highest BCUT2D eigenvalue weighted by Crippen LogP contribution is 2.35. The minimum absolute atomic E-state index is 0.101. The van der Waals surface area contributed by atoms with Gasteiger partial charge in [0.15, 0.2) is 11.5 Å². The molecule has 0 aliphatic carbocycles. The molecule has 4 heteroatoms. The molecule has 0 atom stereocenters. The lowest BCUT2D eigenvalue weighted by atomic mass is 10.1. The zero-order valence-electron chi connectivity index (χ0n) is 13.0. The maximum absolute atomic E-state index is 6.14. The van der Waals surface area contributed by atoms with E-state index in [1.807, 2.05) is 19.9 Å². The number of halogens is 1. The van der Waals surface area contributed by atoms with Crippen molar-refractivity contribution in [3.8, 4) is 11.5 Å². The number of rotatable bonds is 9. The van der Waals surface area contributed by atoms with Gasteiger partial charge in [-0.05, 0) is 32.9 Å². The lowest BCUT2D eigenvalue weighted by Crippen LogP contribution is -2.17. The molecule has 0 aliphatic heterocycles. The van der Waals surface area contributed by atoms with Crippen LogP contribution in [0.1, 0.15) is 45.6 Å². The highest BCUT2D eigenvalue weighted by atomic mass is 35.5. The van der Waals surface area contributed by atoms with Crippen molar-refractivity contribution in [3.05, 3.63) is 22.7 Å². The second-order valence-corrected chi connectivity index (χ2v) is 5.58. The second kappa shape index (κ2) is 9.09. The number of benzene rings is 1. The summed E-state index contributed by atoms with van der Waals surface area (Å²) in [5.74, 6) is 1.48. The zero-order valence-corrected chi connectivity index (χ0v) is 13.7. The molecule has 3 nitrogen and oxygen atoms in total. The first-order valence-corrected chi connectivity index (χ1v) is 7.70. The van der Waals surface area contributed by atoms with Gasteiger partial charge in [-0.3, -0.25) is 0 Å². The van der Waals surface area contributed by atoms with Crippen molar-refractivity contribution in [1.82, 2.24) is 5.32 Å². The normalized spacial score (nSPS) is 10.9. The molecule has 0 saturated heterocycles. The molecular weight excluding hydrogens is 274 g/mol. The molecule has 0 fully saturated rings. The summed E-state index contributed by atoms with van der Waals surface area (Å²) in [6, 6.07) is 3.73. The van der Waals surface area contributed by atoms with Crippen molar-refractivity contribution in [1.29, 1.82) is 0 Å². The fourth-order valence-electron chi connectivity index (χ4n) is 2.00. The van der Waals surface area contributed by atoms with E-state index in [0.717, 1.165) is 24.4 Å². The first kappa shape index (κ1) is 17.1. The lowest BCUT2D eigenvalue weighted by Gasteiger charge is -2.18. The lowest BCUT2D eigenvalue weighted by molar-refractivity contribution is 0.227. The molecule has 114 valence electrons. The standard InChI is InChI=1S/C16H26ClNO2/c1-5-6-7-8-18-11-13-9-14(17)10-15(19-4)16(13)20-12(2)3/h9-10,12,18H,5-8,11H2,1-4H3. The van der Waals surface area contributed by atoms with E-state index in [9.17, 15) is 0 Å². The van der Waals surface area contributed by atoms with E-state index >= 15 is 0 Å². The van der Waals surface area contributed by atoms with Gasteiger partial charge >= 0.3 is 0 Å². The molecule has 0 aliphatic rings. The Hall–Kier alpha value is -0.930. The smallest absolute Gasteiger partial charge is 0.166 e. The van der Waals surface area contributed by atoms with Crippen LogP contribution in [0.3, 0.4) is 0 Å². The van der Waals surface area contributed by atoms with Crippen molar-refractivity contribution >= 4 is 11.6 Å². The van der Waals surface area contributed by atoms with E-state index in [2.05, 4.69) is 12.2 Å². The maximum atomic E-state index is 6.14. The summed E-state index contributed by atoms with van der Waals surface area (Å²) in [4.78, 5) is 0. The van der Waals surface area contributed by atoms with Crippen LogP contribution in [0, 0.1) is 0 Å². The summed E-state index contributed by atoms with van der Waals surface area (Å²) >= 11 is 6.14. The fraction of sp³-hybridized carbons (Fsp3) is 0.625. The molecule has 1 rings (SSSR count). The average molecular weight is 300 g/mol. The van der Waals surface area contributed by atoms with E-state index in [0.29, 0.717) is 10.8 Å². The van der Waals surface area contributed by atoms with Gasteiger partial charge in [-0.15, -0.1) is 0 Å². The largest absolute Gasteiger partial charge is 0.493 e. The van der Waals surface area contributed by atoms with Gasteiger partial charge in [-0.1, -0.05) is 31.4 Å². The van der Waals surface area contributed by atoms with Gasteiger partial charge in [0.25, 0.3) is 0 Å². The molecule has 0 radical (unpaired) electrons. The van der Waals surface area contributed by atoms with Gasteiger partial charge in [-0.2, -0.15) is 0 Å². The summed E-state index contributed by atoms with van der Waals surface area (Å²) in [6.07, 6.45) is 3.77. The van der Waals surface area contributed by atoms with Crippen LogP contribution >= 0.6 is 11.6 Å². The van der Waals surface area contributed by atoms with Crippen molar-refractivity contribution in [2.24, 2.45) is 0 Å². The number of methoxy groups -OCH3 is 1. The number of hydrogen-bond donors (Lipinski definition) is 1. The van der Waals surface area contributed by atoms with Crippen LogP contribution in [0.25, 0.3) is 0 Å². The SMILES string of the molecule is CCCCCNCc1cc(Cl)cc(OC)c1OC(C)C. The van der Waals surface area contributed by atoms with E-state index in [1.54, 1.807) is 13.2 Å². The molecule has 1 aromatic carbocycles. The van der Waals surface area contributed by atoms with Crippen molar-refractivity contribution in [2.45, 2.75) is 52.7 Å². The zero-order chi connectivity index (χ0) is 15.0. The summed E-state index contributed by atoms with van der Waals surface area (Å²) in [7, 11) is 1.64. The van der Waals surface area contributed by atoms with E-state index in [4.69, 9.17) is 21.1 Å². The summed E-state index contributed by atoms with van der Waals surface area (Å²) in [6.45, 7) is 7.96. The van der Waals surface area contributed by atoms with Gasteiger partial charge in [0.2, 0.25) is 0 Å². The van der Waals surface area contributed by atoms with E-state index in [1.165, 1.54) is 19.3 Å². The molecule has 1 N–H and O–H groups in total. The minimum atomic E-state index is 0.101. The van der Waals surface area contributed by atoms with Crippen LogP contribution in [0.2, 0.25) is 5.02 Å². The Balaban J connectivity index is 2.78. The summed E-state index contributed by atoms with van der Waals surface area (Å²) in [5.41, 5.74) is 1.04. The predicted molar refractivity (Wildman–Crippen MR) is 85.0 cm³/mol. The molecule has 20 heavy (non-hydrogen) atoms. The first-order valence-electron chi connectivity index (χ1n) is 7.32. The highest BCUT2D eigenvalue weighted by Gasteiger charge is 2.14. The average Bonchev–Trinajstić information content (AvgIpc) is 2.40. The Bertz CT molecular complexity index is 408. The highest BCUT2D eigenvalue weighted by molar-refractivity contribution is 6.30. The summed E-state index contributed by atoms with van der Waals surface area (Å²) in [5, 5.41) is 4.10. The Morgan fingerprint density at radius 1 is 1.25 bits per heavy atom. The van der Waals surface area contributed by atoms with Crippen LogP contribution in [0.15, 0.2) is 12.1 Å². The Morgan fingerprint density at radius 2 is 2.00 bits per heavy atom. The quantitative estimate of drug-likeness (QED) is 0.685. The monoisotopic (exact) mass is 299 g/mol. The van der Waals surface area contributed by atoms with Crippen LogP contribution < -0.4 is 14.8 Å². The minimum Gasteiger partial charge on any atom is -0.493 e. The molecule has 0 bridgehead atoms. The van der Waals surface area contributed by atoms with Crippen LogP contribution in [0.5, 0.6) is 11.5 Å². The van der Waals surface area contributed by atoms with E-state index < -0.39 is 0 Å². The van der Waals surface area contributed by atoms with Crippen molar-refractivity contribution in [3.63, 3.8) is 0 Å². The van der Waals surface area contributed by atoms with Crippen LogP contribution in [0.4, 0.5) is 0 Å². The number of unbranched alkanes of at least 4 members (excludes halogenated alkanes) is 2. The van der Waals surface area contributed by atoms with Gasteiger partial charge in [-0.25, -0.2) is 0 Å². The number of ether oxygens (including phenoxy) is 2. The van der Waals surface area contributed by atoms with Crippen molar-refractivity contribution < 1.29 is 9.47 Å². The molecule has 0 saturated carbocycles. The fourth-order valence-corrected chi connectivity index (χ4v) is 2.23. The Kier molecular flexibility index (Phi) is 7.78. The van der Waals surface area contributed by atoms with Gasteiger partial charge in [0.1, 0.15) is 0 Å². The molecule has 0 aromatic heterocycles. The molecule has 0 spiro atoms. The van der Waals surface area contributed by atoms with Gasteiger partial charge in [0, 0.05) is 23.2 Å². The third kappa shape index (κ3) is 5.59. The molecular formula is C16H26ClNO2. The molecule has 0 heterocycles. The number of nitrogens with one attached hydrogen (secondary N) is 1. The topological polar surface area (TPSA) is 30.5 Å². The van der Waals surface area contributed by atoms with Gasteiger partial charge < -0.3 is 14.8 Å². The first-order chi connectivity index (χ1) is 9.58. The van der Waals surface area contributed by atoms with Crippen molar-refractivity contribution in [2.75, 3.05) is 13.7 Å². The Labute approximate surface area is 127 Å². The van der Waals surface area contributed by atoms with E-state index in [-0.39, 0.29) is 6.10 Å². The van der Waals surface area contributed by atoms with Crippen LogP contribution in [-0.4, -0.2) is 19.8 Å².